The molecule has 0 saturated carbocycles. The highest BCUT2D eigenvalue weighted by molar-refractivity contribution is 7.89. The first-order chi connectivity index (χ1) is 10.4. The zero-order valence-corrected chi connectivity index (χ0v) is 13.0. The molecule has 0 spiro atoms. The Balaban J connectivity index is 2.09. The summed E-state index contributed by atoms with van der Waals surface area (Å²) in [5.74, 6) is -0.934. The van der Waals surface area contributed by atoms with E-state index in [9.17, 15) is 18.0 Å². The molecular formula is C14H18N2O5S. The predicted molar refractivity (Wildman–Crippen MR) is 78.4 cm³/mol. The highest BCUT2D eigenvalue weighted by Crippen LogP contribution is 2.15. The molecule has 1 heterocycles. The van der Waals surface area contributed by atoms with Crippen molar-refractivity contribution in [3.8, 4) is 0 Å². The molecule has 1 aromatic rings. The summed E-state index contributed by atoms with van der Waals surface area (Å²) in [6, 6.07) is 7.00. The summed E-state index contributed by atoms with van der Waals surface area (Å²) < 4.78 is 31.5. The van der Waals surface area contributed by atoms with Crippen LogP contribution in [0.25, 0.3) is 0 Å². The van der Waals surface area contributed by atoms with Crippen LogP contribution in [0.4, 0.5) is 0 Å². The summed E-state index contributed by atoms with van der Waals surface area (Å²) in [5.41, 5.74) is 0. The molecule has 1 aliphatic rings. The van der Waals surface area contributed by atoms with Crippen LogP contribution in [0, 0.1) is 0 Å². The first kappa shape index (κ1) is 16.4. The Labute approximate surface area is 129 Å². The van der Waals surface area contributed by atoms with Gasteiger partial charge in [0.05, 0.1) is 12.0 Å². The van der Waals surface area contributed by atoms with E-state index in [2.05, 4.69) is 9.46 Å². The molecule has 1 aromatic carbocycles. The number of carbonyl (C=O) groups is 2. The van der Waals surface area contributed by atoms with E-state index in [1.165, 1.54) is 24.1 Å². The van der Waals surface area contributed by atoms with Crippen molar-refractivity contribution < 1.29 is 22.7 Å². The number of nitrogens with one attached hydrogen (secondary N) is 1. The van der Waals surface area contributed by atoms with Crippen LogP contribution >= 0.6 is 0 Å². The normalized spacial score (nSPS) is 19.0. The van der Waals surface area contributed by atoms with E-state index in [1.807, 2.05) is 0 Å². The van der Waals surface area contributed by atoms with E-state index in [4.69, 9.17) is 0 Å². The SMILES string of the molecule is COC(=O)CN1CCC[C@H](NS(=O)(=O)c2ccccc2)C1=O. The van der Waals surface area contributed by atoms with Crippen molar-refractivity contribution in [1.82, 2.24) is 9.62 Å². The Morgan fingerprint density at radius 3 is 2.68 bits per heavy atom. The lowest BCUT2D eigenvalue weighted by molar-refractivity contribution is -0.148. The second kappa shape index (κ2) is 6.89. The van der Waals surface area contributed by atoms with Gasteiger partial charge in [-0.05, 0) is 25.0 Å². The van der Waals surface area contributed by atoms with Crippen molar-refractivity contribution in [2.75, 3.05) is 20.2 Å². The maximum atomic E-state index is 12.3. The lowest BCUT2D eigenvalue weighted by Crippen LogP contribution is -2.53. The molecule has 0 unspecified atom stereocenters. The minimum atomic E-state index is -3.76. The Morgan fingerprint density at radius 2 is 2.05 bits per heavy atom. The van der Waals surface area contributed by atoms with Gasteiger partial charge in [-0.1, -0.05) is 18.2 Å². The van der Waals surface area contributed by atoms with Gasteiger partial charge < -0.3 is 9.64 Å². The third kappa shape index (κ3) is 3.83. The maximum absolute atomic E-state index is 12.3. The predicted octanol–water partition coefficient (Wildman–Crippen LogP) is 0.129. The molecule has 1 amide bonds. The third-order valence-corrected chi connectivity index (χ3v) is 4.92. The smallest absolute Gasteiger partial charge is 0.325 e. The summed E-state index contributed by atoms with van der Waals surface area (Å²) >= 11 is 0. The van der Waals surface area contributed by atoms with Gasteiger partial charge in [0, 0.05) is 6.54 Å². The molecule has 2 rings (SSSR count). The summed E-state index contributed by atoms with van der Waals surface area (Å²) in [6.07, 6.45) is 1.02. The number of piperidine rings is 1. The van der Waals surface area contributed by atoms with Crippen LogP contribution in [-0.2, 0) is 24.3 Å². The van der Waals surface area contributed by atoms with Gasteiger partial charge in [0.2, 0.25) is 15.9 Å². The number of hydrogen-bond donors (Lipinski definition) is 1. The Bertz CT molecular complexity index is 644. The van der Waals surface area contributed by atoms with Crippen LogP contribution in [0.5, 0.6) is 0 Å². The quantitative estimate of drug-likeness (QED) is 0.776. The van der Waals surface area contributed by atoms with E-state index in [1.54, 1.807) is 18.2 Å². The largest absolute Gasteiger partial charge is 0.468 e. The molecular weight excluding hydrogens is 308 g/mol. The number of benzene rings is 1. The lowest BCUT2D eigenvalue weighted by atomic mass is 10.1. The van der Waals surface area contributed by atoms with E-state index in [0.717, 1.165) is 0 Å². The molecule has 1 N–H and O–H groups in total. The number of methoxy groups -OCH3 is 1. The summed E-state index contributed by atoms with van der Waals surface area (Å²) in [5, 5.41) is 0. The topological polar surface area (TPSA) is 92.8 Å². The minimum absolute atomic E-state index is 0.105. The van der Waals surface area contributed by atoms with Crippen LogP contribution in [0.1, 0.15) is 12.8 Å². The molecule has 0 bridgehead atoms. The molecule has 1 fully saturated rings. The van der Waals surface area contributed by atoms with E-state index in [0.29, 0.717) is 19.4 Å². The molecule has 120 valence electrons. The molecule has 1 atom stereocenters. The molecule has 8 heteroatoms. The van der Waals surface area contributed by atoms with E-state index < -0.39 is 27.9 Å². The third-order valence-electron chi connectivity index (χ3n) is 3.43. The fourth-order valence-corrected chi connectivity index (χ4v) is 3.53. The molecule has 1 aliphatic heterocycles. The van der Waals surface area contributed by atoms with Crippen molar-refractivity contribution >= 4 is 21.9 Å². The second-order valence-corrected chi connectivity index (χ2v) is 6.68. The fourth-order valence-electron chi connectivity index (χ4n) is 2.28. The number of carbonyl (C=O) groups excluding carboxylic acids is 2. The van der Waals surface area contributed by atoms with Gasteiger partial charge in [0.25, 0.3) is 0 Å². The van der Waals surface area contributed by atoms with Crippen LogP contribution in [-0.4, -0.2) is 51.4 Å². The average Bonchev–Trinajstić information content (AvgIpc) is 2.52. The van der Waals surface area contributed by atoms with Crippen LogP contribution in [0.15, 0.2) is 35.2 Å². The van der Waals surface area contributed by atoms with Gasteiger partial charge in [-0.25, -0.2) is 8.42 Å². The highest BCUT2D eigenvalue weighted by atomic mass is 32.2. The zero-order valence-electron chi connectivity index (χ0n) is 12.2. The van der Waals surface area contributed by atoms with Gasteiger partial charge in [0.1, 0.15) is 12.6 Å². The van der Waals surface area contributed by atoms with Gasteiger partial charge in [-0.3, -0.25) is 9.59 Å². The average molecular weight is 326 g/mol. The molecule has 0 aliphatic carbocycles. The van der Waals surface area contributed by atoms with E-state index in [-0.39, 0.29) is 11.4 Å². The van der Waals surface area contributed by atoms with Gasteiger partial charge in [0.15, 0.2) is 0 Å². The number of esters is 1. The number of nitrogens with zero attached hydrogens (tertiary/aromatic N) is 1. The molecule has 1 saturated heterocycles. The first-order valence-electron chi connectivity index (χ1n) is 6.87. The summed E-state index contributed by atoms with van der Waals surface area (Å²) in [4.78, 5) is 25.0. The number of sulfonamides is 1. The molecule has 0 aromatic heterocycles. The van der Waals surface area contributed by atoms with Gasteiger partial charge >= 0.3 is 5.97 Å². The van der Waals surface area contributed by atoms with Crippen LogP contribution in [0.3, 0.4) is 0 Å². The zero-order chi connectivity index (χ0) is 16.2. The summed E-state index contributed by atoms with van der Waals surface area (Å²) in [7, 11) is -2.52. The van der Waals surface area contributed by atoms with Crippen molar-refractivity contribution in [3.63, 3.8) is 0 Å². The Kier molecular flexibility index (Phi) is 5.15. The Hall–Kier alpha value is -1.93. The van der Waals surface area contributed by atoms with Crippen molar-refractivity contribution in [1.29, 1.82) is 0 Å². The summed E-state index contributed by atoms with van der Waals surface area (Å²) in [6.45, 7) is 0.246. The number of hydrogen-bond acceptors (Lipinski definition) is 5. The van der Waals surface area contributed by atoms with Gasteiger partial charge in [-0.15, -0.1) is 0 Å². The minimum Gasteiger partial charge on any atom is -0.468 e. The Morgan fingerprint density at radius 1 is 1.36 bits per heavy atom. The van der Waals surface area contributed by atoms with E-state index >= 15 is 0 Å². The number of likely N-dealkylation sites (tertiary alicyclic amines) is 1. The van der Waals surface area contributed by atoms with Gasteiger partial charge in [-0.2, -0.15) is 4.72 Å². The van der Waals surface area contributed by atoms with Crippen LogP contribution < -0.4 is 4.72 Å². The monoisotopic (exact) mass is 326 g/mol. The van der Waals surface area contributed by atoms with Crippen molar-refractivity contribution in [3.05, 3.63) is 30.3 Å². The molecule has 0 radical (unpaired) electrons. The number of rotatable bonds is 5. The highest BCUT2D eigenvalue weighted by Gasteiger charge is 2.33. The van der Waals surface area contributed by atoms with Crippen molar-refractivity contribution in [2.24, 2.45) is 0 Å². The number of ether oxygens (including phenoxy) is 1. The first-order valence-corrected chi connectivity index (χ1v) is 8.35. The fraction of sp³-hybridized carbons (Fsp3) is 0.429. The van der Waals surface area contributed by atoms with Crippen LogP contribution in [0.2, 0.25) is 0 Å². The lowest BCUT2D eigenvalue weighted by Gasteiger charge is -2.31. The maximum Gasteiger partial charge on any atom is 0.325 e. The standard InChI is InChI=1S/C14H18N2O5S/c1-21-13(17)10-16-9-5-8-12(14(16)18)15-22(19,20)11-6-3-2-4-7-11/h2-4,6-7,12,15H,5,8-10H2,1H3/t12-/m0/s1. The number of amides is 1. The molecule has 22 heavy (non-hydrogen) atoms. The second-order valence-electron chi connectivity index (χ2n) is 4.97. The van der Waals surface area contributed by atoms with Crippen molar-refractivity contribution in [2.45, 2.75) is 23.8 Å². The molecule has 7 nitrogen and oxygen atoms in total.